The third-order valence-corrected chi connectivity index (χ3v) is 8.80. The van der Waals surface area contributed by atoms with E-state index in [2.05, 4.69) is 5.32 Å². The summed E-state index contributed by atoms with van der Waals surface area (Å²) < 4.78 is 5.04. The van der Waals surface area contributed by atoms with Crippen LogP contribution >= 0.6 is 0 Å². The summed E-state index contributed by atoms with van der Waals surface area (Å²) in [5, 5.41) is 37.4. The second-order valence-electron chi connectivity index (χ2n) is 11.1. The second-order valence-corrected chi connectivity index (χ2v) is 11.1. The van der Waals surface area contributed by atoms with Gasteiger partial charge in [0, 0.05) is 5.92 Å². The third kappa shape index (κ3) is 4.25. The molecular formula is C28H35N3O10. The van der Waals surface area contributed by atoms with Gasteiger partial charge in [0.1, 0.15) is 11.8 Å². The number of nitrogens with zero attached hydrogens (tertiary/aromatic N) is 1. The normalized spacial score (nSPS) is 33.5. The summed E-state index contributed by atoms with van der Waals surface area (Å²) in [4.78, 5) is 80.3. The quantitative estimate of drug-likeness (QED) is 0.153. The van der Waals surface area contributed by atoms with Crippen LogP contribution in [0.25, 0.3) is 0 Å². The van der Waals surface area contributed by atoms with Crippen molar-refractivity contribution in [2.24, 2.45) is 29.4 Å². The van der Waals surface area contributed by atoms with E-state index >= 15 is 0 Å². The number of benzene rings is 1. The number of aliphatic hydroxyl groups excluding tert-OH is 1. The minimum absolute atomic E-state index is 0.0175. The molecule has 0 radical (unpaired) electrons. The first kappa shape index (κ1) is 30.3. The monoisotopic (exact) mass is 573 g/mol. The van der Waals surface area contributed by atoms with E-state index in [9.17, 15) is 44.1 Å². The molecule has 9 atom stereocenters. The van der Waals surface area contributed by atoms with Crippen LogP contribution in [-0.2, 0) is 28.7 Å². The Hall–Kier alpha value is -3.68. The standard InChI is InChI=1S/C28H35N3O10/c1-6-12(27(39)41-7-2)30-13-9-8-11-10(3)14-16(21(33)15(11)20(13)32)24(36)28(40)18(22(14)34)19(31(4)5)23(35)17(25(28)37)26(29)38/h8-10,12,14,16-19,22,30,32,34,40H,6-7H2,1-5H3,(H2,29,38)/t10-,12?,14+,16?,17?,18+,19-,22-,28-/m1/s1. The number of esters is 1. The van der Waals surface area contributed by atoms with Crippen LogP contribution in [0.2, 0.25) is 0 Å². The number of anilines is 1. The molecule has 1 amide bonds. The van der Waals surface area contributed by atoms with Gasteiger partial charge in [0.25, 0.3) is 0 Å². The number of amides is 1. The highest BCUT2D eigenvalue weighted by atomic mass is 16.5. The fourth-order valence-electron chi connectivity index (χ4n) is 6.86. The first-order valence-electron chi connectivity index (χ1n) is 13.5. The summed E-state index contributed by atoms with van der Waals surface area (Å²) in [6.45, 7) is 5.11. The number of ether oxygens (including phenoxy) is 1. The highest BCUT2D eigenvalue weighted by molar-refractivity contribution is 6.32. The van der Waals surface area contributed by atoms with Crippen molar-refractivity contribution >= 4 is 40.7 Å². The number of nitrogens with one attached hydrogen (secondary N) is 1. The van der Waals surface area contributed by atoms with Gasteiger partial charge in [-0.3, -0.25) is 28.9 Å². The molecule has 2 saturated carbocycles. The van der Waals surface area contributed by atoms with Crippen LogP contribution < -0.4 is 11.1 Å². The van der Waals surface area contributed by atoms with Gasteiger partial charge >= 0.3 is 5.97 Å². The Kier molecular flexibility index (Phi) is 7.84. The van der Waals surface area contributed by atoms with Crippen LogP contribution in [0.4, 0.5) is 5.69 Å². The summed E-state index contributed by atoms with van der Waals surface area (Å²) in [7, 11) is 2.86. The van der Waals surface area contributed by atoms with Crippen LogP contribution in [0.3, 0.4) is 0 Å². The van der Waals surface area contributed by atoms with Gasteiger partial charge in [-0.05, 0) is 45.0 Å². The summed E-state index contributed by atoms with van der Waals surface area (Å²) in [6, 6.07) is 0.693. The van der Waals surface area contributed by atoms with Gasteiger partial charge in [-0.15, -0.1) is 0 Å². The number of likely N-dealkylation sites (N-methyl/N-ethyl adjacent to an activating group) is 1. The number of aliphatic hydroxyl groups is 2. The van der Waals surface area contributed by atoms with Crippen molar-refractivity contribution in [1.82, 2.24) is 4.90 Å². The topological polar surface area (TPSA) is 214 Å². The molecule has 4 rings (SSSR count). The number of primary amides is 1. The predicted octanol–water partition coefficient (Wildman–Crippen LogP) is -0.848. The van der Waals surface area contributed by atoms with Crippen molar-refractivity contribution in [1.29, 1.82) is 0 Å². The minimum atomic E-state index is -3.07. The zero-order valence-corrected chi connectivity index (χ0v) is 23.4. The Balaban J connectivity index is 1.85. The van der Waals surface area contributed by atoms with Gasteiger partial charge in [0.15, 0.2) is 34.7 Å². The zero-order valence-electron chi connectivity index (χ0n) is 23.4. The maximum Gasteiger partial charge on any atom is 0.328 e. The van der Waals surface area contributed by atoms with Crippen LogP contribution in [0.5, 0.6) is 5.75 Å². The van der Waals surface area contributed by atoms with Crippen molar-refractivity contribution in [3.8, 4) is 5.75 Å². The number of aromatic hydroxyl groups is 1. The van der Waals surface area contributed by atoms with Crippen molar-refractivity contribution in [2.45, 2.75) is 56.9 Å². The summed E-state index contributed by atoms with van der Waals surface area (Å²) in [5.41, 5.74) is 2.30. The molecule has 0 spiro atoms. The number of hydrogen-bond donors (Lipinski definition) is 5. The van der Waals surface area contributed by atoms with Crippen LogP contribution in [0.1, 0.15) is 49.0 Å². The van der Waals surface area contributed by atoms with E-state index in [4.69, 9.17) is 10.5 Å². The number of ketones is 4. The number of fused-ring (bicyclic) bond motifs is 3. The number of carbonyl (C=O) groups is 6. The van der Waals surface area contributed by atoms with Crippen molar-refractivity contribution in [2.75, 3.05) is 26.0 Å². The average molecular weight is 574 g/mol. The number of hydrogen-bond acceptors (Lipinski definition) is 12. The molecule has 0 saturated heterocycles. The summed E-state index contributed by atoms with van der Waals surface area (Å²) in [5.74, 6) is -14.7. The van der Waals surface area contributed by atoms with Gasteiger partial charge in [-0.2, -0.15) is 0 Å². The van der Waals surface area contributed by atoms with Crippen molar-refractivity contribution in [3.63, 3.8) is 0 Å². The summed E-state index contributed by atoms with van der Waals surface area (Å²) >= 11 is 0. The molecule has 1 aromatic carbocycles. The molecule has 0 bridgehead atoms. The number of nitrogens with two attached hydrogens (primary N) is 1. The Morgan fingerprint density at radius 1 is 1.15 bits per heavy atom. The predicted molar refractivity (Wildman–Crippen MR) is 142 cm³/mol. The van der Waals surface area contributed by atoms with E-state index in [1.165, 1.54) is 31.1 Å². The molecule has 2 fully saturated rings. The average Bonchev–Trinajstić information content (AvgIpc) is 2.89. The van der Waals surface area contributed by atoms with Crippen molar-refractivity contribution < 1.29 is 48.8 Å². The number of rotatable bonds is 7. The Morgan fingerprint density at radius 2 is 1.78 bits per heavy atom. The maximum absolute atomic E-state index is 14.0. The zero-order chi connectivity index (χ0) is 30.7. The SMILES string of the molecule is CCOC(=O)C(CC)Nc1ccc2c(c1O)C(=O)C1C(=O)[C@@]3(O)C(=O)C(C(N)=O)C(=O)[C@H](N(C)C)[C@H]3[C@H](O)[C@H]1[C@@H]2C. The molecule has 6 N–H and O–H groups in total. The lowest BCUT2D eigenvalue weighted by Crippen LogP contribution is -2.77. The molecule has 222 valence electrons. The lowest BCUT2D eigenvalue weighted by Gasteiger charge is -2.56. The van der Waals surface area contributed by atoms with Crippen LogP contribution in [0, 0.1) is 23.7 Å². The van der Waals surface area contributed by atoms with Gasteiger partial charge in [-0.25, -0.2) is 4.79 Å². The van der Waals surface area contributed by atoms with Crippen LogP contribution in [-0.4, -0.2) is 99.7 Å². The minimum Gasteiger partial charge on any atom is -0.505 e. The van der Waals surface area contributed by atoms with Gasteiger partial charge in [0.05, 0.1) is 41.8 Å². The van der Waals surface area contributed by atoms with Crippen molar-refractivity contribution in [3.05, 3.63) is 23.3 Å². The molecule has 0 aliphatic heterocycles. The van der Waals surface area contributed by atoms with Gasteiger partial charge in [0.2, 0.25) is 5.91 Å². The number of carbonyl (C=O) groups excluding carboxylic acids is 6. The molecule has 1 aromatic rings. The van der Waals surface area contributed by atoms with E-state index in [0.717, 1.165) is 0 Å². The molecule has 13 heteroatoms. The fourth-order valence-corrected chi connectivity index (χ4v) is 6.86. The molecule has 3 aliphatic rings. The molecular weight excluding hydrogens is 538 g/mol. The van der Waals surface area contributed by atoms with E-state index in [1.54, 1.807) is 20.8 Å². The van der Waals surface area contributed by atoms with E-state index in [1.807, 2.05) is 0 Å². The van der Waals surface area contributed by atoms with Gasteiger partial charge < -0.3 is 31.1 Å². The first-order chi connectivity index (χ1) is 19.2. The molecule has 3 aliphatic carbocycles. The molecule has 0 heterocycles. The largest absolute Gasteiger partial charge is 0.505 e. The molecule has 3 unspecified atom stereocenters. The van der Waals surface area contributed by atoms with E-state index in [0.29, 0.717) is 12.0 Å². The van der Waals surface area contributed by atoms with Crippen LogP contribution in [0.15, 0.2) is 12.1 Å². The maximum atomic E-state index is 14.0. The molecule has 41 heavy (non-hydrogen) atoms. The second kappa shape index (κ2) is 10.6. The van der Waals surface area contributed by atoms with E-state index < -0.39 is 94.1 Å². The Labute approximate surface area is 236 Å². The summed E-state index contributed by atoms with van der Waals surface area (Å²) in [6.07, 6.45) is -1.42. The lowest BCUT2D eigenvalue weighted by molar-refractivity contribution is -0.196. The molecule has 0 aromatic heterocycles. The highest BCUT2D eigenvalue weighted by Gasteiger charge is 2.72. The smallest absolute Gasteiger partial charge is 0.328 e. The lowest BCUT2D eigenvalue weighted by atomic mass is 9.49. The van der Waals surface area contributed by atoms with E-state index in [-0.39, 0.29) is 17.9 Å². The Morgan fingerprint density at radius 3 is 2.32 bits per heavy atom. The number of Topliss-reactive ketones (excluding diaryl/α,β-unsaturated/α-hetero) is 4. The van der Waals surface area contributed by atoms with Gasteiger partial charge in [-0.1, -0.05) is 19.9 Å². The number of phenolic OH excluding ortho intramolecular Hbond substituents is 1. The Bertz CT molecular complexity index is 1340. The molecule has 13 nitrogen and oxygen atoms in total. The first-order valence-corrected chi connectivity index (χ1v) is 13.5. The highest BCUT2D eigenvalue weighted by Crippen LogP contribution is 2.55. The number of phenols is 1. The third-order valence-electron chi connectivity index (χ3n) is 8.80. The fraction of sp³-hybridized carbons (Fsp3) is 0.571.